The number of rotatable bonds is 7. The molecule has 2 heterocycles. The van der Waals surface area contributed by atoms with Crippen molar-refractivity contribution in [1.29, 1.82) is 0 Å². The summed E-state index contributed by atoms with van der Waals surface area (Å²) < 4.78 is 25.8. The lowest BCUT2D eigenvalue weighted by molar-refractivity contribution is 0.0942. The smallest absolute Gasteiger partial charge is 0.214 e. The number of hydrogen-bond donors (Lipinski definition) is 1. The molecule has 0 aromatic carbocycles. The first-order chi connectivity index (χ1) is 10.0. The molecular formula is C14H24N2O3S2. The minimum atomic E-state index is -3.09. The number of nitrogens with zero attached hydrogens (tertiary/aromatic N) is 2. The van der Waals surface area contributed by atoms with Crippen LogP contribution in [0.4, 0.5) is 0 Å². The molecule has 21 heavy (non-hydrogen) atoms. The molecule has 0 bridgehead atoms. The van der Waals surface area contributed by atoms with Gasteiger partial charge in [-0.2, -0.15) is 4.31 Å². The van der Waals surface area contributed by atoms with Crippen molar-refractivity contribution < 1.29 is 13.5 Å². The number of unbranched alkanes of at least 4 members (excludes halogenated alkanes) is 1. The number of β-amino-alcohol motifs (C(OH)–C–C–N with tert-alkyl or cyclic N) is 1. The minimum absolute atomic E-state index is 0.251. The van der Waals surface area contributed by atoms with Crippen LogP contribution in [0.5, 0.6) is 0 Å². The van der Waals surface area contributed by atoms with Crippen LogP contribution in [0.25, 0.3) is 0 Å². The summed E-state index contributed by atoms with van der Waals surface area (Å²) in [5, 5.41) is 12.1. The second-order valence-electron chi connectivity index (χ2n) is 5.40. The van der Waals surface area contributed by atoms with Crippen LogP contribution in [0.1, 0.15) is 30.7 Å². The fourth-order valence-electron chi connectivity index (χ4n) is 2.46. The average molecular weight is 332 g/mol. The SMILES string of the molecule is CCCCS(=O)(=O)N1CCN(C[C@H](O)c2cccs2)CC1. The van der Waals surface area contributed by atoms with E-state index in [1.807, 2.05) is 24.4 Å². The van der Waals surface area contributed by atoms with Crippen molar-refractivity contribution in [3.63, 3.8) is 0 Å². The molecule has 2 rings (SSSR count). The van der Waals surface area contributed by atoms with Crippen LogP contribution >= 0.6 is 11.3 Å². The topological polar surface area (TPSA) is 60.9 Å². The van der Waals surface area contributed by atoms with Crippen molar-refractivity contribution in [2.75, 3.05) is 38.5 Å². The van der Waals surface area contributed by atoms with Crippen molar-refractivity contribution in [1.82, 2.24) is 9.21 Å². The summed E-state index contributed by atoms with van der Waals surface area (Å²) in [6, 6.07) is 3.86. The molecular weight excluding hydrogens is 308 g/mol. The highest BCUT2D eigenvalue weighted by atomic mass is 32.2. The molecule has 1 N–H and O–H groups in total. The molecule has 0 radical (unpaired) electrons. The first-order valence-corrected chi connectivity index (χ1v) is 9.93. The lowest BCUT2D eigenvalue weighted by Gasteiger charge is -2.34. The van der Waals surface area contributed by atoms with Gasteiger partial charge in [0.25, 0.3) is 0 Å². The molecule has 1 fully saturated rings. The highest BCUT2D eigenvalue weighted by Gasteiger charge is 2.27. The zero-order valence-electron chi connectivity index (χ0n) is 12.4. The maximum Gasteiger partial charge on any atom is 0.214 e. The molecule has 1 aromatic rings. The summed E-state index contributed by atoms with van der Waals surface area (Å²) in [7, 11) is -3.09. The summed E-state index contributed by atoms with van der Waals surface area (Å²) in [6.45, 7) is 5.01. The van der Waals surface area contributed by atoms with Crippen molar-refractivity contribution >= 4 is 21.4 Å². The highest BCUT2D eigenvalue weighted by molar-refractivity contribution is 7.89. The molecule has 0 amide bonds. The Balaban J connectivity index is 1.80. The van der Waals surface area contributed by atoms with E-state index in [0.29, 0.717) is 32.7 Å². The minimum Gasteiger partial charge on any atom is -0.386 e. The number of hydrogen-bond acceptors (Lipinski definition) is 5. The number of aliphatic hydroxyl groups is 1. The highest BCUT2D eigenvalue weighted by Crippen LogP contribution is 2.20. The molecule has 1 atom stereocenters. The van der Waals surface area contributed by atoms with Gasteiger partial charge in [0.15, 0.2) is 0 Å². The second-order valence-corrected chi connectivity index (χ2v) is 8.47. The van der Waals surface area contributed by atoms with Crippen LogP contribution in [0.3, 0.4) is 0 Å². The summed E-state index contributed by atoms with van der Waals surface area (Å²) in [5.41, 5.74) is 0. The van der Waals surface area contributed by atoms with Gasteiger partial charge < -0.3 is 5.11 Å². The number of aliphatic hydroxyl groups excluding tert-OH is 1. The van der Waals surface area contributed by atoms with Gasteiger partial charge in [-0.1, -0.05) is 19.4 Å². The normalized spacial score (nSPS) is 19.7. The Bertz CT molecular complexity index is 508. The van der Waals surface area contributed by atoms with E-state index < -0.39 is 16.1 Å². The third-order valence-corrected chi connectivity index (χ3v) is 6.71. The standard InChI is InChI=1S/C14H24N2O3S2/c1-2-3-11-21(18,19)16-8-6-15(7-9-16)12-13(17)14-5-4-10-20-14/h4-5,10,13,17H,2-3,6-9,11-12H2,1H3/t13-/m0/s1. The molecule has 0 unspecified atom stereocenters. The van der Waals surface area contributed by atoms with Gasteiger partial charge in [-0.05, 0) is 17.9 Å². The van der Waals surface area contributed by atoms with Gasteiger partial charge in [-0.15, -0.1) is 11.3 Å². The molecule has 5 nitrogen and oxygen atoms in total. The van der Waals surface area contributed by atoms with Crippen molar-refractivity contribution in [2.45, 2.75) is 25.9 Å². The first kappa shape index (κ1) is 16.9. The van der Waals surface area contributed by atoms with Gasteiger partial charge in [-0.25, -0.2) is 8.42 Å². The third kappa shape index (κ3) is 4.75. The summed E-state index contributed by atoms with van der Waals surface area (Å²) >= 11 is 1.55. The van der Waals surface area contributed by atoms with Crippen molar-refractivity contribution in [3.05, 3.63) is 22.4 Å². The van der Waals surface area contributed by atoms with E-state index in [1.165, 1.54) is 0 Å². The Hall–Kier alpha value is -0.470. The predicted molar refractivity (Wildman–Crippen MR) is 86.0 cm³/mol. The lowest BCUT2D eigenvalue weighted by Crippen LogP contribution is -2.50. The Morgan fingerprint density at radius 3 is 2.62 bits per heavy atom. The molecule has 1 aliphatic rings. The third-order valence-electron chi connectivity index (χ3n) is 3.78. The van der Waals surface area contributed by atoms with Crippen LogP contribution in [-0.4, -0.2) is 61.2 Å². The summed E-state index contributed by atoms with van der Waals surface area (Å²) in [5.74, 6) is 0.251. The molecule has 7 heteroatoms. The Kier molecular flexibility index (Phi) is 6.19. The maximum absolute atomic E-state index is 12.1. The van der Waals surface area contributed by atoms with Crippen LogP contribution < -0.4 is 0 Å². The van der Waals surface area contributed by atoms with Gasteiger partial charge in [0.05, 0.1) is 5.75 Å². The average Bonchev–Trinajstić information content (AvgIpc) is 3.00. The molecule has 0 saturated carbocycles. The maximum atomic E-state index is 12.1. The van der Waals surface area contributed by atoms with E-state index in [-0.39, 0.29) is 5.75 Å². The van der Waals surface area contributed by atoms with Gasteiger partial charge in [0.2, 0.25) is 10.0 Å². The monoisotopic (exact) mass is 332 g/mol. The van der Waals surface area contributed by atoms with Crippen LogP contribution in [-0.2, 0) is 10.0 Å². The zero-order chi connectivity index (χ0) is 15.3. The summed E-state index contributed by atoms with van der Waals surface area (Å²) in [6.07, 6.45) is 1.14. The van der Waals surface area contributed by atoms with Gasteiger partial charge in [-0.3, -0.25) is 4.90 Å². The van der Waals surface area contributed by atoms with Gasteiger partial charge in [0.1, 0.15) is 6.10 Å². The molecule has 120 valence electrons. The largest absolute Gasteiger partial charge is 0.386 e. The quantitative estimate of drug-likeness (QED) is 0.822. The Morgan fingerprint density at radius 1 is 1.33 bits per heavy atom. The zero-order valence-corrected chi connectivity index (χ0v) is 14.1. The molecule has 0 aliphatic carbocycles. The number of thiophene rings is 1. The second kappa shape index (κ2) is 7.69. The van der Waals surface area contributed by atoms with Crippen molar-refractivity contribution in [2.24, 2.45) is 0 Å². The fourth-order valence-corrected chi connectivity index (χ4v) is 4.80. The number of piperazine rings is 1. The molecule has 1 aromatic heterocycles. The van der Waals surface area contributed by atoms with Crippen LogP contribution in [0.2, 0.25) is 0 Å². The molecule has 1 saturated heterocycles. The van der Waals surface area contributed by atoms with E-state index in [0.717, 1.165) is 17.7 Å². The number of sulfonamides is 1. The van der Waals surface area contributed by atoms with Crippen molar-refractivity contribution in [3.8, 4) is 0 Å². The van der Waals surface area contributed by atoms with E-state index in [4.69, 9.17) is 0 Å². The van der Waals surface area contributed by atoms with E-state index in [9.17, 15) is 13.5 Å². The first-order valence-electron chi connectivity index (χ1n) is 7.44. The van der Waals surface area contributed by atoms with Gasteiger partial charge >= 0.3 is 0 Å². The van der Waals surface area contributed by atoms with E-state index >= 15 is 0 Å². The van der Waals surface area contributed by atoms with Crippen LogP contribution in [0, 0.1) is 0 Å². The van der Waals surface area contributed by atoms with Gasteiger partial charge in [0, 0.05) is 37.6 Å². The Labute approximate surface area is 131 Å². The predicted octanol–water partition coefficient (Wildman–Crippen LogP) is 1.53. The summed E-state index contributed by atoms with van der Waals surface area (Å²) in [4.78, 5) is 3.10. The Morgan fingerprint density at radius 2 is 2.05 bits per heavy atom. The van der Waals surface area contributed by atoms with E-state index in [1.54, 1.807) is 15.6 Å². The molecule has 0 spiro atoms. The van der Waals surface area contributed by atoms with Crippen LogP contribution in [0.15, 0.2) is 17.5 Å². The van der Waals surface area contributed by atoms with E-state index in [2.05, 4.69) is 4.90 Å². The molecule has 1 aliphatic heterocycles. The fraction of sp³-hybridized carbons (Fsp3) is 0.714. The lowest BCUT2D eigenvalue weighted by atomic mass is 10.2.